The van der Waals surface area contributed by atoms with Crippen molar-refractivity contribution in [3.63, 3.8) is 0 Å². The van der Waals surface area contributed by atoms with Crippen molar-refractivity contribution in [3.8, 4) is 39.4 Å². The van der Waals surface area contributed by atoms with Gasteiger partial charge in [-0.25, -0.2) is 14.8 Å². The minimum absolute atomic E-state index is 0.0155. The first-order valence-corrected chi connectivity index (χ1v) is 20.9. The number of fused-ring (bicyclic) bond motifs is 6. The van der Waals surface area contributed by atoms with Crippen LogP contribution in [0.4, 0.5) is 4.79 Å². The number of H-pyrrole nitrogens is 2. The number of guanidine groups is 1. The van der Waals surface area contributed by atoms with Crippen LogP contribution in [-0.2, 0) is 46.9 Å². The number of alkyl carbamates (subject to hydrolysis) is 1. The Morgan fingerprint density at radius 3 is 2.36 bits per heavy atom. The van der Waals surface area contributed by atoms with Gasteiger partial charge in [-0.2, -0.15) is 0 Å². The number of hydrogen-bond acceptors (Lipinski definition) is 7. The molecule has 0 saturated carbocycles. The maximum absolute atomic E-state index is 14.5. The molecule has 7 rings (SSSR count). The fraction of sp³-hybridized carbons (Fsp3) is 0.391. The topological polar surface area (TPSA) is 164 Å². The highest BCUT2D eigenvalue weighted by atomic mass is 16.5. The van der Waals surface area contributed by atoms with Crippen molar-refractivity contribution < 1.29 is 28.4 Å². The Morgan fingerprint density at radius 2 is 1.64 bits per heavy atom. The third-order valence-corrected chi connectivity index (χ3v) is 11.1. The molecule has 61 heavy (non-hydrogen) atoms. The molecule has 2 aliphatic rings. The number of aromatic nitrogens is 4. The minimum Gasteiger partial charge on any atom is -0.488 e. The fourth-order valence-corrected chi connectivity index (χ4v) is 8.17. The summed E-state index contributed by atoms with van der Waals surface area (Å²) in [5, 5.41) is 5.99. The monoisotopic (exact) mass is 829 g/mol. The van der Waals surface area contributed by atoms with Gasteiger partial charge in [0.05, 0.1) is 66.0 Å². The largest absolute Gasteiger partial charge is 0.488 e. The molecular formula is C46H57N10O5+. The zero-order valence-electron chi connectivity index (χ0n) is 36.2. The lowest BCUT2D eigenvalue weighted by Gasteiger charge is -2.27. The molecule has 2 aromatic heterocycles. The summed E-state index contributed by atoms with van der Waals surface area (Å²) in [6, 6.07) is 20.0. The standard InChI is InChI=1S/C46H56N10O5/c1-8-19-55(41(57)25-48-46(59)60-7)26-39-47-24-37(50-39)31-15-17-33-32(21-31)28-61-38-23-34-30(22-35(33)38)16-18-36-43(34)51-40(49-36)27-56(20-9-2)44(58)42(29-13-11-10-12-14-29)52-45(53(3)4)54(5)6/h10-15,17,21-24,42H,8-9,16,18-20,25-28H2,1-7H3,(H3,47,48,49,50,51,59)/p+1/t42-/m1/s1. The fourth-order valence-electron chi connectivity index (χ4n) is 8.17. The second-order valence-corrected chi connectivity index (χ2v) is 15.9. The lowest BCUT2D eigenvalue weighted by molar-refractivity contribution is -0.472. The van der Waals surface area contributed by atoms with Crippen molar-refractivity contribution in [2.45, 2.75) is 65.3 Å². The van der Waals surface area contributed by atoms with E-state index in [1.54, 1.807) is 11.1 Å². The SMILES string of the molecule is CCCN(Cc1ncc(-c2ccc3c(c2)COc2cc4c(cc2-3)CCc2[nH]c(CN(CCC)C(=O)[C@H](NC(N(C)C)=[N+](C)C)c3ccccc3)nc2-4)[nH]1)C(=O)CNC(=O)OC. The van der Waals surface area contributed by atoms with Crippen LogP contribution < -0.4 is 15.4 Å². The van der Waals surface area contributed by atoms with E-state index in [9.17, 15) is 14.4 Å². The highest BCUT2D eigenvalue weighted by molar-refractivity contribution is 5.88. The molecule has 4 N–H and O–H groups in total. The molecule has 0 saturated heterocycles. The van der Waals surface area contributed by atoms with Gasteiger partial charge in [-0.1, -0.05) is 56.3 Å². The van der Waals surface area contributed by atoms with Crippen molar-refractivity contribution in [1.29, 1.82) is 0 Å². The number of nitrogens with one attached hydrogen (secondary N) is 4. The van der Waals surface area contributed by atoms with Crippen LogP contribution in [-0.4, -0.2) is 118 Å². The molecular weight excluding hydrogens is 773 g/mol. The van der Waals surface area contributed by atoms with Crippen LogP contribution in [0.5, 0.6) is 5.75 Å². The number of hydrogen-bond donors (Lipinski definition) is 4. The molecule has 15 nitrogen and oxygen atoms in total. The quantitative estimate of drug-likeness (QED) is 0.0645. The van der Waals surface area contributed by atoms with Crippen LogP contribution >= 0.6 is 0 Å². The Kier molecular flexibility index (Phi) is 13.0. The molecule has 0 spiro atoms. The molecule has 1 aliphatic carbocycles. The van der Waals surface area contributed by atoms with Crippen LogP contribution in [0, 0.1) is 0 Å². The van der Waals surface area contributed by atoms with Crippen molar-refractivity contribution in [2.24, 2.45) is 0 Å². The first-order chi connectivity index (χ1) is 29.5. The zero-order valence-corrected chi connectivity index (χ0v) is 36.2. The van der Waals surface area contributed by atoms with Gasteiger partial charge >= 0.3 is 12.1 Å². The smallest absolute Gasteiger partial charge is 0.407 e. The third-order valence-electron chi connectivity index (χ3n) is 11.1. The van der Waals surface area contributed by atoms with E-state index in [1.807, 2.05) is 79.8 Å². The van der Waals surface area contributed by atoms with Crippen molar-refractivity contribution in [1.82, 2.24) is 45.3 Å². The van der Waals surface area contributed by atoms with Gasteiger partial charge in [0.15, 0.2) is 6.04 Å². The number of ether oxygens (including phenoxy) is 2. The van der Waals surface area contributed by atoms with E-state index in [-0.39, 0.29) is 24.9 Å². The van der Waals surface area contributed by atoms with Crippen LogP contribution in [0.25, 0.3) is 33.6 Å². The van der Waals surface area contributed by atoms with E-state index in [0.29, 0.717) is 32.1 Å². The van der Waals surface area contributed by atoms with E-state index in [4.69, 9.17) is 9.72 Å². The molecule has 0 radical (unpaired) electrons. The summed E-state index contributed by atoms with van der Waals surface area (Å²) in [6.07, 6.45) is 4.37. The number of amides is 3. The van der Waals surface area contributed by atoms with Crippen LogP contribution in [0.2, 0.25) is 0 Å². The van der Waals surface area contributed by atoms with Crippen molar-refractivity contribution in [2.75, 3.05) is 54.9 Å². The molecule has 3 aromatic carbocycles. The van der Waals surface area contributed by atoms with E-state index in [0.717, 1.165) is 93.7 Å². The van der Waals surface area contributed by atoms with Crippen molar-refractivity contribution >= 4 is 23.9 Å². The number of imidazole rings is 2. The Morgan fingerprint density at radius 1 is 0.885 bits per heavy atom. The van der Waals surface area contributed by atoms with E-state index < -0.39 is 12.1 Å². The van der Waals surface area contributed by atoms with E-state index in [1.165, 1.54) is 12.7 Å². The lowest BCUT2D eigenvalue weighted by Crippen LogP contribution is -2.49. The summed E-state index contributed by atoms with van der Waals surface area (Å²) in [5.74, 6) is 2.82. The van der Waals surface area contributed by atoms with Crippen molar-refractivity contribution in [3.05, 3.63) is 101 Å². The average molecular weight is 830 g/mol. The molecule has 5 aromatic rings. The highest BCUT2D eigenvalue weighted by Gasteiger charge is 2.33. The number of carbonyl (C=O) groups is 3. The van der Waals surface area contributed by atoms with Gasteiger partial charge in [0.25, 0.3) is 5.91 Å². The predicted molar refractivity (Wildman–Crippen MR) is 234 cm³/mol. The maximum atomic E-state index is 14.5. The average Bonchev–Trinajstić information content (AvgIpc) is 3.91. The second kappa shape index (κ2) is 18.7. The molecule has 0 bridgehead atoms. The maximum Gasteiger partial charge on any atom is 0.407 e. The normalized spacial score (nSPS) is 12.7. The van der Waals surface area contributed by atoms with Crippen LogP contribution in [0.3, 0.4) is 0 Å². The number of nitrogens with zero attached hydrogens (tertiary/aromatic N) is 6. The Hall–Kier alpha value is -6.64. The molecule has 1 atom stereocenters. The molecule has 0 fully saturated rings. The number of carbonyl (C=O) groups excluding carboxylic acids is 3. The molecule has 0 unspecified atom stereocenters. The van der Waals surface area contributed by atoms with Gasteiger partial charge < -0.3 is 34.6 Å². The number of rotatable bonds is 14. The summed E-state index contributed by atoms with van der Waals surface area (Å²) in [7, 11) is 9.12. The predicted octanol–water partition coefficient (Wildman–Crippen LogP) is 5.48. The summed E-state index contributed by atoms with van der Waals surface area (Å²) in [5.41, 5.74) is 10.2. The Balaban J connectivity index is 1.09. The summed E-state index contributed by atoms with van der Waals surface area (Å²) in [6.45, 7) is 6.11. The number of methoxy groups -OCH3 is 1. The molecule has 15 heteroatoms. The molecule has 3 heterocycles. The summed E-state index contributed by atoms with van der Waals surface area (Å²) >= 11 is 0. The Labute approximate surface area is 357 Å². The molecule has 1 aliphatic heterocycles. The molecule has 320 valence electrons. The molecule has 3 amide bonds. The lowest BCUT2D eigenvalue weighted by atomic mass is 9.86. The number of aryl methyl sites for hydroxylation is 2. The number of aromatic amines is 2. The van der Waals surface area contributed by atoms with Gasteiger partial charge in [0.1, 0.15) is 30.5 Å². The van der Waals surface area contributed by atoms with Gasteiger partial charge in [0, 0.05) is 29.9 Å². The zero-order chi connectivity index (χ0) is 43.2. The number of benzene rings is 3. The van der Waals surface area contributed by atoms with Gasteiger partial charge in [-0.05, 0) is 71.7 Å². The van der Waals surface area contributed by atoms with Gasteiger partial charge in [-0.3, -0.25) is 24.4 Å². The second-order valence-electron chi connectivity index (χ2n) is 15.9. The van der Waals surface area contributed by atoms with Gasteiger partial charge in [0.2, 0.25) is 5.91 Å². The van der Waals surface area contributed by atoms with E-state index >= 15 is 0 Å². The first kappa shape index (κ1) is 42.5. The highest BCUT2D eigenvalue weighted by Crippen LogP contribution is 2.44. The minimum atomic E-state index is -0.648. The van der Waals surface area contributed by atoms with Crippen LogP contribution in [0.1, 0.15) is 66.8 Å². The van der Waals surface area contributed by atoms with E-state index in [2.05, 4.69) is 67.6 Å². The Bertz CT molecular complexity index is 2420. The summed E-state index contributed by atoms with van der Waals surface area (Å²) < 4.78 is 13.0. The third kappa shape index (κ3) is 9.40. The summed E-state index contributed by atoms with van der Waals surface area (Å²) in [4.78, 5) is 61.0. The first-order valence-electron chi connectivity index (χ1n) is 20.9. The van der Waals surface area contributed by atoms with Gasteiger partial charge in [-0.15, -0.1) is 0 Å². The van der Waals surface area contributed by atoms with Crippen LogP contribution in [0.15, 0.2) is 66.9 Å².